The Morgan fingerprint density at radius 1 is 1.03 bits per heavy atom. The van der Waals surface area contributed by atoms with E-state index in [2.05, 4.69) is 23.3 Å². The number of hydrogen-bond donors (Lipinski definition) is 3. The number of likely N-dealkylation sites (N-methyl/N-ethyl adjacent to an activating group) is 1. The molecule has 0 spiro atoms. The number of rotatable bonds is 9. The Labute approximate surface area is 207 Å². The van der Waals surface area contributed by atoms with E-state index in [1.54, 1.807) is 27.7 Å². The third-order valence-electron chi connectivity index (χ3n) is 5.15. The number of carbonyl (C=O) groups is 3. The zero-order valence-corrected chi connectivity index (χ0v) is 21.4. The molecule has 2 aromatic carbocycles. The van der Waals surface area contributed by atoms with Gasteiger partial charge in [0.05, 0.1) is 0 Å². The van der Waals surface area contributed by atoms with Crippen molar-refractivity contribution in [3.05, 3.63) is 71.3 Å². The van der Waals surface area contributed by atoms with Gasteiger partial charge in [-0.3, -0.25) is 9.59 Å². The summed E-state index contributed by atoms with van der Waals surface area (Å²) in [6, 6.07) is 15.2. The van der Waals surface area contributed by atoms with Crippen molar-refractivity contribution in [1.82, 2.24) is 15.5 Å². The molecule has 0 fully saturated rings. The van der Waals surface area contributed by atoms with E-state index in [1.165, 1.54) is 4.90 Å². The lowest BCUT2D eigenvalue weighted by Crippen LogP contribution is -2.53. The van der Waals surface area contributed by atoms with E-state index in [0.717, 1.165) is 16.7 Å². The number of nitrogens with one attached hydrogen (secondary N) is 2. The van der Waals surface area contributed by atoms with Crippen molar-refractivity contribution in [3.8, 4) is 0 Å². The molecule has 8 heteroatoms. The largest absolute Gasteiger partial charge is 0.444 e. The van der Waals surface area contributed by atoms with Gasteiger partial charge in [-0.2, -0.15) is 12.6 Å². The Kier molecular flexibility index (Phi) is 9.98. The molecule has 2 N–H and O–H groups in total. The Morgan fingerprint density at radius 2 is 1.65 bits per heavy atom. The number of carbonyl (C=O) groups excluding carboxylic acids is 3. The van der Waals surface area contributed by atoms with Gasteiger partial charge in [0.15, 0.2) is 0 Å². The standard InChI is InChI=1S/C26H35N3O4S/c1-6-29(24(31)21(17-34)28-25(32)33-26(3,4)5)22(20-15-11-10-12-18(20)2)23(30)27-16-19-13-8-7-9-14-19/h7-15,21-22,34H,6,16-17H2,1-5H3,(H,27,30)(H,28,32). The average Bonchev–Trinajstić information content (AvgIpc) is 2.79. The first-order chi connectivity index (χ1) is 16.1. The third-order valence-corrected chi connectivity index (χ3v) is 5.51. The summed E-state index contributed by atoms with van der Waals surface area (Å²) >= 11 is 4.27. The highest BCUT2D eigenvalue weighted by molar-refractivity contribution is 7.80. The molecule has 0 aliphatic heterocycles. The molecule has 2 rings (SSSR count). The highest BCUT2D eigenvalue weighted by Crippen LogP contribution is 2.25. The fourth-order valence-electron chi connectivity index (χ4n) is 3.53. The van der Waals surface area contributed by atoms with Gasteiger partial charge >= 0.3 is 6.09 Å². The zero-order valence-electron chi connectivity index (χ0n) is 20.5. The molecule has 2 atom stereocenters. The van der Waals surface area contributed by atoms with Gasteiger partial charge in [-0.1, -0.05) is 54.6 Å². The van der Waals surface area contributed by atoms with Crippen molar-refractivity contribution in [2.75, 3.05) is 12.3 Å². The Bertz CT molecular complexity index is 976. The van der Waals surface area contributed by atoms with E-state index >= 15 is 0 Å². The minimum Gasteiger partial charge on any atom is -0.444 e. The molecule has 0 aliphatic rings. The summed E-state index contributed by atoms with van der Waals surface area (Å²) in [5, 5.41) is 5.55. The minimum absolute atomic E-state index is 0.0563. The number of benzene rings is 2. The topological polar surface area (TPSA) is 87.7 Å². The summed E-state index contributed by atoms with van der Waals surface area (Å²) in [6.07, 6.45) is -0.711. The second-order valence-corrected chi connectivity index (χ2v) is 9.33. The van der Waals surface area contributed by atoms with E-state index in [4.69, 9.17) is 4.74 Å². The van der Waals surface area contributed by atoms with Crippen molar-refractivity contribution < 1.29 is 19.1 Å². The van der Waals surface area contributed by atoms with Gasteiger partial charge in [-0.05, 0) is 51.3 Å². The molecule has 0 bridgehead atoms. The number of thiol groups is 1. The average molecular weight is 486 g/mol. The van der Waals surface area contributed by atoms with Crippen LogP contribution in [0.1, 0.15) is 50.4 Å². The van der Waals surface area contributed by atoms with Crippen molar-refractivity contribution in [1.29, 1.82) is 0 Å². The van der Waals surface area contributed by atoms with Gasteiger partial charge in [-0.25, -0.2) is 4.79 Å². The van der Waals surface area contributed by atoms with Gasteiger partial charge in [0.25, 0.3) is 0 Å². The maximum atomic E-state index is 13.5. The predicted octanol–water partition coefficient (Wildman–Crippen LogP) is 4.02. The maximum absolute atomic E-state index is 13.5. The number of ether oxygens (including phenoxy) is 1. The lowest BCUT2D eigenvalue weighted by Gasteiger charge is -2.34. The van der Waals surface area contributed by atoms with Crippen LogP contribution in [0.5, 0.6) is 0 Å². The van der Waals surface area contributed by atoms with Crippen LogP contribution in [-0.2, 0) is 20.9 Å². The summed E-state index contributed by atoms with van der Waals surface area (Å²) in [6.45, 7) is 9.53. The van der Waals surface area contributed by atoms with Crippen LogP contribution in [0.3, 0.4) is 0 Å². The smallest absolute Gasteiger partial charge is 0.408 e. The van der Waals surface area contributed by atoms with Crippen molar-refractivity contribution in [2.24, 2.45) is 0 Å². The number of hydrogen-bond acceptors (Lipinski definition) is 5. The molecule has 0 saturated carbocycles. The van der Waals surface area contributed by atoms with E-state index in [-0.39, 0.29) is 18.2 Å². The fourth-order valence-corrected chi connectivity index (χ4v) is 3.77. The van der Waals surface area contributed by atoms with Gasteiger partial charge in [-0.15, -0.1) is 0 Å². The molecular formula is C26H35N3O4S. The second kappa shape index (κ2) is 12.5. The Hall–Kier alpha value is -3.00. The quantitative estimate of drug-likeness (QED) is 0.468. The minimum atomic E-state index is -0.952. The fraction of sp³-hybridized carbons (Fsp3) is 0.423. The SMILES string of the molecule is CCN(C(=O)C(CS)NC(=O)OC(C)(C)C)C(C(=O)NCc1ccccc1)c1ccccc1C. The third kappa shape index (κ3) is 7.80. The molecule has 2 unspecified atom stereocenters. The summed E-state index contributed by atoms with van der Waals surface area (Å²) in [5.41, 5.74) is 1.85. The first-order valence-electron chi connectivity index (χ1n) is 11.4. The molecule has 3 amide bonds. The van der Waals surface area contributed by atoms with Gasteiger partial charge in [0.1, 0.15) is 17.7 Å². The molecule has 2 aromatic rings. The summed E-state index contributed by atoms with van der Waals surface area (Å²) in [5.74, 6) is -0.657. The van der Waals surface area contributed by atoms with Gasteiger partial charge in [0, 0.05) is 18.8 Å². The first kappa shape index (κ1) is 27.2. The molecule has 0 heterocycles. The summed E-state index contributed by atoms with van der Waals surface area (Å²) < 4.78 is 5.30. The van der Waals surface area contributed by atoms with Crippen LogP contribution in [0.4, 0.5) is 4.79 Å². The molecular weight excluding hydrogens is 450 g/mol. The Balaban J connectivity index is 2.32. The van der Waals surface area contributed by atoms with E-state index in [1.807, 2.05) is 61.5 Å². The first-order valence-corrected chi connectivity index (χ1v) is 12.0. The highest BCUT2D eigenvalue weighted by atomic mass is 32.1. The molecule has 0 aliphatic carbocycles. The van der Waals surface area contributed by atoms with Crippen LogP contribution in [0, 0.1) is 6.92 Å². The molecule has 184 valence electrons. The molecule has 7 nitrogen and oxygen atoms in total. The number of amides is 3. The van der Waals surface area contributed by atoms with Crippen LogP contribution in [0.25, 0.3) is 0 Å². The summed E-state index contributed by atoms with van der Waals surface area (Å²) in [7, 11) is 0. The molecule has 0 aromatic heterocycles. The van der Waals surface area contributed by atoms with Crippen LogP contribution in [0.15, 0.2) is 54.6 Å². The molecule has 0 saturated heterocycles. The van der Waals surface area contributed by atoms with Crippen LogP contribution in [0.2, 0.25) is 0 Å². The maximum Gasteiger partial charge on any atom is 0.408 e. The molecule has 0 radical (unpaired) electrons. The van der Waals surface area contributed by atoms with Crippen molar-refractivity contribution in [2.45, 2.75) is 58.8 Å². The number of aryl methyl sites for hydroxylation is 1. The number of alkyl carbamates (subject to hydrolysis) is 1. The summed E-state index contributed by atoms with van der Waals surface area (Å²) in [4.78, 5) is 40.8. The highest BCUT2D eigenvalue weighted by Gasteiger charge is 2.35. The normalized spacial score (nSPS) is 12.9. The van der Waals surface area contributed by atoms with E-state index < -0.39 is 29.7 Å². The predicted molar refractivity (Wildman–Crippen MR) is 137 cm³/mol. The zero-order chi connectivity index (χ0) is 25.3. The monoisotopic (exact) mass is 485 g/mol. The van der Waals surface area contributed by atoms with Crippen molar-refractivity contribution >= 4 is 30.5 Å². The van der Waals surface area contributed by atoms with E-state index in [9.17, 15) is 14.4 Å². The lowest BCUT2D eigenvalue weighted by atomic mass is 9.98. The van der Waals surface area contributed by atoms with Crippen LogP contribution >= 0.6 is 12.6 Å². The van der Waals surface area contributed by atoms with Crippen LogP contribution in [-0.4, -0.2) is 46.7 Å². The Morgan fingerprint density at radius 3 is 2.21 bits per heavy atom. The lowest BCUT2D eigenvalue weighted by molar-refractivity contribution is -0.141. The van der Waals surface area contributed by atoms with E-state index in [0.29, 0.717) is 6.54 Å². The molecule has 34 heavy (non-hydrogen) atoms. The van der Waals surface area contributed by atoms with Gasteiger partial charge in [0.2, 0.25) is 11.8 Å². The van der Waals surface area contributed by atoms with Crippen molar-refractivity contribution in [3.63, 3.8) is 0 Å². The number of nitrogens with zero attached hydrogens (tertiary/aromatic N) is 1. The van der Waals surface area contributed by atoms with Crippen LogP contribution < -0.4 is 10.6 Å². The second-order valence-electron chi connectivity index (χ2n) is 8.97. The van der Waals surface area contributed by atoms with Gasteiger partial charge < -0.3 is 20.3 Å².